The van der Waals surface area contributed by atoms with Gasteiger partial charge >= 0.3 is 0 Å². The van der Waals surface area contributed by atoms with Crippen LogP contribution in [0.1, 0.15) is 39.1 Å². The molecule has 112 valence electrons. The molecule has 0 aliphatic carbocycles. The minimum Gasteiger partial charge on any atom is -0.374 e. The zero-order chi connectivity index (χ0) is 15.5. The van der Waals surface area contributed by atoms with E-state index in [-0.39, 0.29) is 5.41 Å². The Hall–Kier alpha value is -1.45. The molecule has 1 heterocycles. The largest absolute Gasteiger partial charge is 0.374 e. The minimum absolute atomic E-state index is 0.141. The normalized spacial score (nSPS) is 11.7. The van der Waals surface area contributed by atoms with E-state index in [0.717, 1.165) is 11.3 Å². The lowest BCUT2D eigenvalue weighted by Gasteiger charge is -2.19. The van der Waals surface area contributed by atoms with E-state index in [2.05, 4.69) is 55.0 Å². The van der Waals surface area contributed by atoms with Crippen molar-refractivity contribution in [2.45, 2.75) is 39.7 Å². The molecule has 3 nitrogen and oxygen atoms in total. The summed E-state index contributed by atoms with van der Waals surface area (Å²) in [6, 6.07) is 10.2. The molecular weight excluding hydrogens is 284 g/mol. The third-order valence-corrected chi connectivity index (χ3v) is 3.42. The third kappa shape index (κ3) is 4.26. The second-order valence-electron chi connectivity index (χ2n) is 5.96. The van der Waals surface area contributed by atoms with Crippen molar-refractivity contribution in [2.24, 2.45) is 0 Å². The number of ether oxygens (including phenoxy) is 1. The van der Waals surface area contributed by atoms with Gasteiger partial charge in [0.1, 0.15) is 11.8 Å². The summed E-state index contributed by atoms with van der Waals surface area (Å²) in [6.07, 6.45) is 0. The molecule has 0 atom stereocenters. The summed E-state index contributed by atoms with van der Waals surface area (Å²) in [5.74, 6) is 0.610. The van der Waals surface area contributed by atoms with Crippen molar-refractivity contribution < 1.29 is 4.74 Å². The van der Waals surface area contributed by atoms with E-state index < -0.39 is 0 Å². The Balaban J connectivity index is 2.31. The molecule has 0 fully saturated rings. The molecule has 0 unspecified atom stereocenters. The van der Waals surface area contributed by atoms with Gasteiger partial charge in [-0.25, -0.2) is 9.97 Å². The summed E-state index contributed by atoms with van der Waals surface area (Å²) in [5, 5.41) is 0.439. The molecule has 1 aromatic carbocycles. The predicted octanol–water partition coefficient (Wildman–Crippen LogP) is 4.63. The first kappa shape index (κ1) is 15.9. The fourth-order valence-electron chi connectivity index (χ4n) is 2.01. The molecule has 0 saturated heterocycles. The second-order valence-corrected chi connectivity index (χ2v) is 6.34. The standard InChI is InChI=1S/C17H21ClN2O/c1-5-21-11-16-19-14(10-15(18)20-16)12-6-8-13(9-7-12)17(2,3)4/h6-10H,5,11H2,1-4H3. The SMILES string of the molecule is CCOCc1nc(Cl)cc(-c2ccc(C(C)(C)C)cc2)n1. The van der Waals surface area contributed by atoms with Crippen molar-refractivity contribution in [1.82, 2.24) is 9.97 Å². The third-order valence-electron chi connectivity index (χ3n) is 3.22. The smallest absolute Gasteiger partial charge is 0.156 e. The molecule has 0 aliphatic heterocycles. The zero-order valence-electron chi connectivity index (χ0n) is 13.0. The maximum atomic E-state index is 6.08. The Morgan fingerprint density at radius 3 is 2.33 bits per heavy atom. The lowest BCUT2D eigenvalue weighted by atomic mass is 9.86. The molecular formula is C17H21ClN2O. The minimum atomic E-state index is 0.141. The van der Waals surface area contributed by atoms with Crippen molar-refractivity contribution >= 4 is 11.6 Å². The maximum absolute atomic E-state index is 6.08. The molecule has 0 spiro atoms. The van der Waals surface area contributed by atoms with Crippen LogP contribution in [0.15, 0.2) is 30.3 Å². The molecule has 0 radical (unpaired) electrons. The van der Waals surface area contributed by atoms with Crippen molar-refractivity contribution in [1.29, 1.82) is 0 Å². The van der Waals surface area contributed by atoms with Crippen LogP contribution in [0.25, 0.3) is 11.3 Å². The van der Waals surface area contributed by atoms with E-state index in [1.807, 2.05) is 6.92 Å². The quantitative estimate of drug-likeness (QED) is 0.772. The van der Waals surface area contributed by atoms with E-state index in [9.17, 15) is 0 Å². The van der Waals surface area contributed by atoms with Crippen LogP contribution < -0.4 is 0 Å². The molecule has 0 bridgehead atoms. The van der Waals surface area contributed by atoms with Crippen LogP contribution in [0.4, 0.5) is 0 Å². The van der Waals surface area contributed by atoms with Gasteiger partial charge in [0.15, 0.2) is 5.82 Å². The molecule has 0 aliphatic rings. The summed E-state index contributed by atoms with van der Waals surface area (Å²) in [7, 11) is 0. The number of hydrogen-bond donors (Lipinski definition) is 0. The number of halogens is 1. The highest BCUT2D eigenvalue weighted by Gasteiger charge is 2.13. The summed E-state index contributed by atoms with van der Waals surface area (Å²) >= 11 is 6.08. The summed E-state index contributed by atoms with van der Waals surface area (Å²) < 4.78 is 5.35. The van der Waals surface area contributed by atoms with Crippen molar-refractivity contribution in [2.75, 3.05) is 6.61 Å². The van der Waals surface area contributed by atoms with Gasteiger partial charge in [-0.15, -0.1) is 0 Å². The highest BCUT2D eigenvalue weighted by atomic mass is 35.5. The van der Waals surface area contributed by atoms with E-state index in [1.165, 1.54) is 5.56 Å². The van der Waals surface area contributed by atoms with Gasteiger partial charge in [-0.05, 0) is 17.9 Å². The van der Waals surface area contributed by atoms with Crippen LogP contribution in [-0.4, -0.2) is 16.6 Å². The Bertz CT molecular complexity index is 603. The van der Waals surface area contributed by atoms with E-state index in [4.69, 9.17) is 16.3 Å². The number of rotatable bonds is 4. The fourth-order valence-corrected chi connectivity index (χ4v) is 2.21. The van der Waals surface area contributed by atoms with Crippen LogP contribution in [-0.2, 0) is 16.8 Å². The first-order chi connectivity index (χ1) is 9.90. The van der Waals surface area contributed by atoms with Gasteiger partial charge in [-0.2, -0.15) is 0 Å². The van der Waals surface area contributed by atoms with Crippen LogP contribution in [0.2, 0.25) is 5.15 Å². The number of aromatic nitrogens is 2. The van der Waals surface area contributed by atoms with E-state index in [0.29, 0.717) is 24.2 Å². The molecule has 0 saturated carbocycles. The van der Waals surface area contributed by atoms with Crippen LogP contribution >= 0.6 is 11.6 Å². The van der Waals surface area contributed by atoms with Crippen LogP contribution in [0, 0.1) is 0 Å². The van der Waals surface area contributed by atoms with Gasteiger partial charge in [0.05, 0.1) is 5.69 Å². The van der Waals surface area contributed by atoms with Gasteiger partial charge < -0.3 is 4.74 Å². The van der Waals surface area contributed by atoms with Gasteiger partial charge in [0, 0.05) is 18.2 Å². The fraction of sp³-hybridized carbons (Fsp3) is 0.412. The highest BCUT2D eigenvalue weighted by Crippen LogP contribution is 2.26. The molecule has 1 aromatic heterocycles. The second kappa shape index (κ2) is 6.54. The number of benzene rings is 1. The number of nitrogens with zero attached hydrogens (tertiary/aromatic N) is 2. The Morgan fingerprint density at radius 2 is 1.76 bits per heavy atom. The van der Waals surface area contributed by atoms with Crippen molar-refractivity contribution in [3.05, 3.63) is 46.9 Å². The Labute approximate surface area is 131 Å². The van der Waals surface area contributed by atoms with Gasteiger partial charge in [-0.1, -0.05) is 56.6 Å². The average molecular weight is 305 g/mol. The van der Waals surface area contributed by atoms with E-state index in [1.54, 1.807) is 6.07 Å². The molecule has 0 N–H and O–H groups in total. The lowest BCUT2D eigenvalue weighted by molar-refractivity contribution is 0.128. The van der Waals surface area contributed by atoms with Crippen molar-refractivity contribution in [3.8, 4) is 11.3 Å². The van der Waals surface area contributed by atoms with Crippen LogP contribution in [0.5, 0.6) is 0 Å². The van der Waals surface area contributed by atoms with Gasteiger partial charge in [-0.3, -0.25) is 0 Å². The molecule has 2 rings (SSSR count). The van der Waals surface area contributed by atoms with Crippen molar-refractivity contribution in [3.63, 3.8) is 0 Å². The lowest BCUT2D eigenvalue weighted by Crippen LogP contribution is -2.10. The first-order valence-electron chi connectivity index (χ1n) is 7.12. The first-order valence-corrected chi connectivity index (χ1v) is 7.50. The molecule has 0 amide bonds. The average Bonchev–Trinajstić information content (AvgIpc) is 2.44. The predicted molar refractivity (Wildman–Crippen MR) is 86.5 cm³/mol. The highest BCUT2D eigenvalue weighted by molar-refractivity contribution is 6.29. The summed E-state index contributed by atoms with van der Waals surface area (Å²) in [6.45, 7) is 9.55. The van der Waals surface area contributed by atoms with Gasteiger partial charge in [0.2, 0.25) is 0 Å². The molecule has 4 heteroatoms. The maximum Gasteiger partial charge on any atom is 0.156 e. The molecule has 21 heavy (non-hydrogen) atoms. The zero-order valence-corrected chi connectivity index (χ0v) is 13.7. The van der Waals surface area contributed by atoms with Gasteiger partial charge in [0.25, 0.3) is 0 Å². The van der Waals surface area contributed by atoms with E-state index >= 15 is 0 Å². The monoisotopic (exact) mass is 304 g/mol. The topological polar surface area (TPSA) is 35.0 Å². The number of hydrogen-bond acceptors (Lipinski definition) is 3. The summed E-state index contributed by atoms with van der Waals surface area (Å²) in [5.41, 5.74) is 3.29. The molecule has 2 aromatic rings. The summed E-state index contributed by atoms with van der Waals surface area (Å²) in [4.78, 5) is 8.70. The Morgan fingerprint density at radius 1 is 1.10 bits per heavy atom. The Kier molecular flexibility index (Phi) is 4.96. The van der Waals surface area contributed by atoms with Crippen LogP contribution in [0.3, 0.4) is 0 Å².